The summed E-state index contributed by atoms with van der Waals surface area (Å²) in [4.78, 5) is 14.2. The number of likely N-dealkylation sites (tertiary alicyclic amines) is 1. The molecule has 2 atom stereocenters. The lowest BCUT2D eigenvalue weighted by molar-refractivity contribution is 0.0714. The van der Waals surface area contributed by atoms with E-state index in [1.807, 2.05) is 4.90 Å². The first-order valence-electron chi connectivity index (χ1n) is 5.96. The predicted molar refractivity (Wildman–Crippen MR) is 62.4 cm³/mol. The van der Waals surface area contributed by atoms with E-state index in [4.69, 9.17) is 0 Å². The van der Waals surface area contributed by atoms with Gasteiger partial charge in [-0.3, -0.25) is 4.79 Å². The molecule has 3 nitrogen and oxygen atoms in total. The van der Waals surface area contributed by atoms with E-state index in [9.17, 15) is 9.18 Å². The molecule has 0 aliphatic carbocycles. The van der Waals surface area contributed by atoms with E-state index in [1.54, 1.807) is 19.1 Å². The minimum atomic E-state index is -0.307. The summed E-state index contributed by atoms with van der Waals surface area (Å²) in [5.41, 5.74) is 0.950. The highest BCUT2D eigenvalue weighted by atomic mass is 19.1. The standard InChI is InChI=1S/C13H15FN2O/c1-8-11(3-2-4-12(8)14)13(17)16-7-9-5-10(16)6-15-9/h2-4,9-10,15H,5-7H2,1H3. The molecule has 17 heavy (non-hydrogen) atoms. The number of piperazine rings is 1. The average molecular weight is 234 g/mol. The second kappa shape index (κ2) is 3.81. The molecule has 1 N–H and O–H groups in total. The molecule has 1 amide bonds. The maximum atomic E-state index is 13.4. The van der Waals surface area contributed by atoms with Gasteiger partial charge in [-0.2, -0.15) is 0 Å². The lowest BCUT2D eigenvalue weighted by Gasteiger charge is -2.28. The zero-order chi connectivity index (χ0) is 12.0. The Morgan fingerprint density at radius 1 is 1.53 bits per heavy atom. The van der Waals surface area contributed by atoms with Gasteiger partial charge in [0.15, 0.2) is 0 Å². The van der Waals surface area contributed by atoms with E-state index in [1.165, 1.54) is 6.07 Å². The molecule has 0 aromatic heterocycles. The van der Waals surface area contributed by atoms with Crippen LogP contribution in [0.25, 0.3) is 0 Å². The van der Waals surface area contributed by atoms with Crippen LogP contribution in [0.15, 0.2) is 18.2 Å². The van der Waals surface area contributed by atoms with Crippen LogP contribution in [-0.4, -0.2) is 36.0 Å². The molecule has 2 bridgehead atoms. The monoisotopic (exact) mass is 234 g/mol. The molecule has 0 spiro atoms. The smallest absolute Gasteiger partial charge is 0.254 e. The second-order valence-electron chi connectivity index (χ2n) is 4.86. The van der Waals surface area contributed by atoms with Gasteiger partial charge in [0.1, 0.15) is 5.82 Å². The van der Waals surface area contributed by atoms with Crippen molar-refractivity contribution in [1.29, 1.82) is 0 Å². The number of carbonyl (C=O) groups excluding carboxylic acids is 1. The first-order chi connectivity index (χ1) is 8.16. The number of nitrogens with one attached hydrogen (secondary N) is 1. The zero-order valence-electron chi connectivity index (χ0n) is 9.74. The molecule has 1 aromatic carbocycles. The van der Waals surface area contributed by atoms with Crippen LogP contribution in [0.5, 0.6) is 0 Å². The van der Waals surface area contributed by atoms with Crippen molar-refractivity contribution in [2.75, 3.05) is 13.1 Å². The Bertz CT molecular complexity index is 474. The van der Waals surface area contributed by atoms with Crippen molar-refractivity contribution < 1.29 is 9.18 Å². The molecule has 3 rings (SSSR count). The predicted octanol–water partition coefficient (Wildman–Crippen LogP) is 1.32. The zero-order valence-corrected chi connectivity index (χ0v) is 9.74. The molecule has 2 saturated heterocycles. The largest absolute Gasteiger partial charge is 0.333 e. The Balaban J connectivity index is 1.89. The van der Waals surface area contributed by atoms with Crippen LogP contribution >= 0.6 is 0 Å². The van der Waals surface area contributed by atoms with Gasteiger partial charge in [0.25, 0.3) is 5.91 Å². The third-order valence-corrected chi connectivity index (χ3v) is 3.82. The molecule has 2 fully saturated rings. The third kappa shape index (κ3) is 1.63. The highest BCUT2D eigenvalue weighted by Crippen LogP contribution is 2.26. The number of carbonyl (C=O) groups is 1. The normalized spacial score (nSPS) is 26.6. The van der Waals surface area contributed by atoms with Gasteiger partial charge in [-0.15, -0.1) is 0 Å². The minimum absolute atomic E-state index is 0.0315. The topological polar surface area (TPSA) is 32.3 Å². The fourth-order valence-electron chi connectivity index (χ4n) is 2.80. The summed E-state index contributed by atoms with van der Waals surface area (Å²) in [6.07, 6.45) is 1.03. The molecule has 2 unspecified atom stereocenters. The van der Waals surface area contributed by atoms with Crippen LogP contribution in [-0.2, 0) is 0 Å². The summed E-state index contributed by atoms with van der Waals surface area (Å²) in [5.74, 6) is -0.339. The van der Waals surface area contributed by atoms with Gasteiger partial charge in [-0.05, 0) is 31.0 Å². The highest BCUT2D eigenvalue weighted by molar-refractivity contribution is 5.96. The molecular weight excluding hydrogens is 219 g/mol. The summed E-state index contributed by atoms with van der Waals surface area (Å²) >= 11 is 0. The number of hydrogen-bond acceptors (Lipinski definition) is 2. The second-order valence-corrected chi connectivity index (χ2v) is 4.86. The van der Waals surface area contributed by atoms with E-state index in [0.29, 0.717) is 17.2 Å². The maximum absolute atomic E-state index is 13.4. The molecule has 2 aliphatic heterocycles. The van der Waals surface area contributed by atoms with E-state index in [2.05, 4.69) is 5.32 Å². The van der Waals surface area contributed by atoms with Crippen molar-refractivity contribution in [2.45, 2.75) is 25.4 Å². The van der Waals surface area contributed by atoms with E-state index in [-0.39, 0.29) is 17.8 Å². The molecule has 0 radical (unpaired) electrons. The molecule has 1 aromatic rings. The maximum Gasteiger partial charge on any atom is 0.254 e. The Kier molecular flexibility index (Phi) is 2.40. The summed E-state index contributed by atoms with van der Waals surface area (Å²) in [5, 5.41) is 3.35. The summed E-state index contributed by atoms with van der Waals surface area (Å²) in [6, 6.07) is 5.42. The van der Waals surface area contributed by atoms with Crippen LogP contribution in [0, 0.1) is 12.7 Å². The fourth-order valence-corrected chi connectivity index (χ4v) is 2.80. The van der Waals surface area contributed by atoms with Gasteiger partial charge in [-0.25, -0.2) is 4.39 Å². The van der Waals surface area contributed by atoms with Gasteiger partial charge in [0.2, 0.25) is 0 Å². The number of hydrogen-bond donors (Lipinski definition) is 1. The Morgan fingerprint density at radius 2 is 2.35 bits per heavy atom. The van der Waals surface area contributed by atoms with Gasteiger partial charge < -0.3 is 10.2 Å². The molecule has 4 heteroatoms. The van der Waals surface area contributed by atoms with Crippen LogP contribution < -0.4 is 5.32 Å². The molecule has 2 heterocycles. The highest BCUT2D eigenvalue weighted by Gasteiger charge is 2.40. The summed E-state index contributed by atoms with van der Waals surface area (Å²) in [7, 11) is 0. The van der Waals surface area contributed by atoms with E-state index < -0.39 is 0 Å². The van der Waals surface area contributed by atoms with Gasteiger partial charge in [0.05, 0.1) is 0 Å². The number of rotatable bonds is 1. The summed E-state index contributed by atoms with van der Waals surface area (Å²) < 4.78 is 13.4. The van der Waals surface area contributed by atoms with Crippen LogP contribution in [0.1, 0.15) is 22.3 Å². The minimum Gasteiger partial charge on any atom is -0.333 e. The third-order valence-electron chi connectivity index (χ3n) is 3.82. The van der Waals surface area contributed by atoms with Crippen molar-refractivity contribution >= 4 is 5.91 Å². The van der Waals surface area contributed by atoms with Crippen molar-refractivity contribution in [2.24, 2.45) is 0 Å². The number of benzene rings is 1. The Labute approximate surface area is 99.6 Å². The van der Waals surface area contributed by atoms with Crippen molar-refractivity contribution in [3.8, 4) is 0 Å². The fraction of sp³-hybridized carbons (Fsp3) is 0.462. The first kappa shape index (κ1) is 10.7. The Hall–Kier alpha value is -1.42. The van der Waals surface area contributed by atoms with Gasteiger partial charge in [-0.1, -0.05) is 6.07 Å². The van der Waals surface area contributed by atoms with Gasteiger partial charge in [0, 0.05) is 30.7 Å². The van der Waals surface area contributed by atoms with Gasteiger partial charge >= 0.3 is 0 Å². The molecular formula is C13H15FN2O. The summed E-state index contributed by atoms with van der Waals surface area (Å²) in [6.45, 7) is 3.28. The van der Waals surface area contributed by atoms with Crippen LogP contribution in [0.4, 0.5) is 4.39 Å². The van der Waals surface area contributed by atoms with Crippen molar-refractivity contribution in [3.63, 3.8) is 0 Å². The molecule has 2 aliphatic rings. The van der Waals surface area contributed by atoms with Crippen LogP contribution in [0.3, 0.4) is 0 Å². The van der Waals surface area contributed by atoms with E-state index >= 15 is 0 Å². The Morgan fingerprint density at radius 3 is 3.00 bits per heavy atom. The number of fused-ring (bicyclic) bond motifs is 2. The molecule has 90 valence electrons. The van der Waals surface area contributed by atoms with E-state index in [0.717, 1.165) is 19.5 Å². The number of halogens is 1. The number of amides is 1. The lowest BCUT2D eigenvalue weighted by atomic mass is 10.1. The quantitative estimate of drug-likeness (QED) is 0.795. The SMILES string of the molecule is Cc1c(F)cccc1C(=O)N1CC2CC1CN2. The number of nitrogens with zero attached hydrogens (tertiary/aromatic N) is 1. The molecule has 0 saturated carbocycles. The van der Waals surface area contributed by atoms with Crippen molar-refractivity contribution in [1.82, 2.24) is 10.2 Å². The average Bonchev–Trinajstić information content (AvgIpc) is 2.94. The van der Waals surface area contributed by atoms with Crippen LogP contribution in [0.2, 0.25) is 0 Å². The lowest BCUT2D eigenvalue weighted by Crippen LogP contribution is -2.46. The van der Waals surface area contributed by atoms with Crippen molar-refractivity contribution in [3.05, 3.63) is 35.1 Å². The first-order valence-corrected chi connectivity index (χ1v) is 5.96.